The molecular formula is C10H7ClF6O. The molecule has 0 atom stereocenters. The van der Waals surface area contributed by atoms with E-state index >= 15 is 0 Å². The van der Waals surface area contributed by atoms with E-state index in [0.717, 1.165) is 13.2 Å². The minimum atomic E-state index is -5.16. The maximum Gasteiger partial charge on any atom is 0.417 e. The van der Waals surface area contributed by atoms with E-state index in [4.69, 9.17) is 11.6 Å². The van der Waals surface area contributed by atoms with E-state index < -0.39 is 34.9 Å². The minimum absolute atomic E-state index is 0.328. The Balaban J connectivity index is 3.66. The van der Waals surface area contributed by atoms with Crippen LogP contribution in [-0.4, -0.2) is 7.11 Å². The molecule has 0 saturated heterocycles. The van der Waals surface area contributed by atoms with E-state index in [0.29, 0.717) is 6.07 Å². The van der Waals surface area contributed by atoms with Crippen LogP contribution in [0.3, 0.4) is 0 Å². The smallest absolute Gasteiger partial charge is 0.417 e. The maximum atomic E-state index is 12.7. The van der Waals surface area contributed by atoms with Gasteiger partial charge in [-0.05, 0) is 12.1 Å². The number of ether oxygens (including phenoxy) is 1. The molecule has 0 spiro atoms. The molecule has 0 fully saturated rings. The Labute approximate surface area is 103 Å². The van der Waals surface area contributed by atoms with Crippen molar-refractivity contribution >= 4 is 11.6 Å². The van der Waals surface area contributed by atoms with E-state index in [1.54, 1.807) is 0 Å². The van der Waals surface area contributed by atoms with E-state index in [9.17, 15) is 26.3 Å². The summed E-state index contributed by atoms with van der Waals surface area (Å²) in [6.07, 6.45) is -10.3. The van der Waals surface area contributed by atoms with Crippen molar-refractivity contribution in [2.45, 2.75) is 18.2 Å². The lowest BCUT2D eigenvalue weighted by atomic mass is 10.00. The molecule has 0 heterocycles. The van der Waals surface area contributed by atoms with Crippen LogP contribution in [0.4, 0.5) is 26.3 Å². The number of alkyl halides is 7. The Morgan fingerprint density at radius 3 is 1.94 bits per heavy atom. The van der Waals surface area contributed by atoms with Crippen molar-refractivity contribution in [2.24, 2.45) is 0 Å². The highest BCUT2D eigenvalue weighted by Gasteiger charge is 2.45. The van der Waals surface area contributed by atoms with Crippen LogP contribution in [-0.2, 0) is 18.2 Å². The van der Waals surface area contributed by atoms with Gasteiger partial charge >= 0.3 is 12.4 Å². The van der Waals surface area contributed by atoms with Crippen molar-refractivity contribution in [1.29, 1.82) is 0 Å². The van der Waals surface area contributed by atoms with E-state index in [1.165, 1.54) is 0 Å². The number of benzene rings is 1. The Morgan fingerprint density at radius 2 is 1.61 bits per heavy atom. The average Bonchev–Trinajstić information content (AvgIpc) is 2.24. The van der Waals surface area contributed by atoms with Gasteiger partial charge in [0.1, 0.15) is 5.75 Å². The molecule has 0 aliphatic heterocycles. The third-order valence-corrected chi connectivity index (χ3v) is 2.48. The zero-order valence-electron chi connectivity index (χ0n) is 8.92. The second-order valence-electron chi connectivity index (χ2n) is 3.30. The summed E-state index contributed by atoms with van der Waals surface area (Å²) in [7, 11) is 1.05. The molecule has 1 rings (SSSR count). The van der Waals surface area contributed by atoms with Crippen molar-refractivity contribution < 1.29 is 31.1 Å². The summed E-state index contributed by atoms with van der Waals surface area (Å²) in [5, 5.41) is 0. The van der Waals surface area contributed by atoms with Gasteiger partial charge in [0.2, 0.25) is 0 Å². The Hall–Kier alpha value is -1.11. The summed E-state index contributed by atoms with van der Waals surface area (Å²) < 4.78 is 80.4. The van der Waals surface area contributed by atoms with Crippen molar-refractivity contribution in [3.63, 3.8) is 0 Å². The van der Waals surface area contributed by atoms with Gasteiger partial charge < -0.3 is 4.74 Å². The minimum Gasteiger partial charge on any atom is -0.496 e. The molecule has 0 amide bonds. The van der Waals surface area contributed by atoms with E-state index in [-0.39, 0.29) is 5.75 Å². The SMILES string of the molecule is COc1ccc(C(F)(F)F)c(C(F)(F)F)c1CCl. The van der Waals surface area contributed by atoms with E-state index in [1.807, 2.05) is 0 Å². The van der Waals surface area contributed by atoms with Crippen LogP contribution in [0.2, 0.25) is 0 Å². The van der Waals surface area contributed by atoms with Gasteiger partial charge in [0.15, 0.2) is 0 Å². The number of rotatable bonds is 2. The largest absolute Gasteiger partial charge is 0.496 e. The molecule has 1 aromatic rings. The number of hydrogen-bond donors (Lipinski definition) is 0. The second kappa shape index (κ2) is 4.87. The molecule has 1 aromatic carbocycles. The molecule has 0 radical (unpaired) electrons. The highest BCUT2D eigenvalue weighted by atomic mass is 35.5. The molecule has 0 N–H and O–H groups in total. The number of hydrogen-bond acceptors (Lipinski definition) is 1. The highest BCUT2D eigenvalue weighted by Crippen LogP contribution is 2.45. The summed E-state index contributed by atoms with van der Waals surface area (Å²) in [5.41, 5.74) is -4.29. The van der Waals surface area contributed by atoms with Crippen LogP contribution in [0.15, 0.2) is 12.1 Å². The lowest BCUT2D eigenvalue weighted by Crippen LogP contribution is -2.19. The molecule has 0 saturated carbocycles. The van der Waals surface area contributed by atoms with Crippen LogP contribution < -0.4 is 4.74 Å². The highest BCUT2D eigenvalue weighted by molar-refractivity contribution is 6.17. The van der Waals surface area contributed by atoms with Gasteiger partial charge in [-0.1, -0.05) is 0 Å². The van der Waals surface area contributed by atoms with Crippen molar-refractivity contribution in [1.82, 2.24) is 0 Å². The predicted molar refractivity (Wildman–Crippen MR) is 52.6 cm³/mol. The first-order chi connectivity index (χ1) is 8.12. The Kier molecular flexibility index (Phi) is 4.05. The zero-order valence-corrected chi connectivity index (χ0v) is 9.67. The van der Waals surface area contributed by atoms with E-state index in [2.05, 4.69) is 4.74 Å². The van der Waals surface area contributed by atoms with Gasteiger partial charge in [-0.15, -0.1) is 11.6 Å². The quantitative estimate of drug-likeness (QED) is 0.577. The normalized spacial score (nSPS) is 12.7. The summed E-state index contributed by atoms with van der Waals surface area (Å²) in [6.45, 7) is 0. The summed E-state index contributed by atoms with van der Waals surface area (Å²) in [5.74, 6) is -1.06. The molecule has 0 aliphatic rings. The molecule has 0 unspecified atom stereocenters. The van der Waals surface area contributed by atoms with Crippen LogP contribution in [0.25, 0.3) is 0 Å². The second-order valence-corrected chi connectivity index (χ2v) is 3.57. The molecule has 18 heavy (non-hydrogen) atoms. The lowest BCUT2D eigenvalue weighted by molar-refractivity contribution is -0.162. The molecular weight excluding hydrogens is 286 g/mol. The lowest BCUT2D eigenvalue weighted by Gasteiger charge is -2.20. The molecule has 8 heteroatoms. The fourth-order valence-electron chi connectivity index (χ4n) is 1.51. The predicted octanol–water partition coefficient (Wildman–Crippen LogP) is 4.47. The van der Waals surface area contributed by atoms with Crippen molar-refractivity contribution in [3.8, 4) is 5.75 Å². The summed E-state index contributed by atoms with van der Waals surface area (Å²) in [6, 6.07) is 1.15. The zero-order chi connectivity index (χ0) is 14.1. The first-order valence-corrected chi connectivity index (χ1v) is 5.06. The monoisotopic (exact) mass is 292 g/mol. The third-order valence-electron chi connectivity index (χ3n) is 2.21. The number of halogens is 7. The van der Waals surface area contributed by atoms with Gasteiger partial charge in [-0.3, -0.25) is 0 Å². The molecule has 0 aliphatic carbocycles. The molecule has 102 valence electrons. The van der Waals surface area contributed by atoms with Crippen LogP contribution in [0.1, 0.15) is 16.7 Å². The molecule has 0 bridgehead atoms. The third kappa shape index (κ3) is 2.82. The van der Waals surface area contributed by atoms with Crippen LogP contribution in [0.5, 0.6) is 5.75 Å². The Morgan fingerprint density at radius 1 is 1.06 bits per heavy atom. The van der Waals surface area contributed by atoms with Crippen LogP contribution >= 0.6 is 11.6 Å². The Bertz CT molecular complexity index is 437. The van der Waals surface area contributed by atoms with Crippen molar-refractivity contribution in [3.05, 3.63) is 28.8 Å². The van der Waals surface area contributed by atoms with Gasteiger partial charge in [-0.2, -0.15) is 26.3 Å². The van der Waals surface area contributed by atoms with Gasteiger partial charge in [0, 0.05) is 5.56 Å². The first-order valence-electron chi connectivity index (χ1n) is 4.53. The van der Waals surface area contributed by atoms with Gasteiger partial charge in [0.25, 0.3) is 0 Å². The number of methoxy groups -OCH3 is 1. The first kappa shape index (κ1) is 14.9. The average molecular weight is 293 g/mol. The van der Waals surface area contributed by atoms with Gasteiger partial charge in [-0.25, -0.2) is 0 Å². The summed E-state index contributed by atoms with van der Waals surface area (Å²) in [4.78, 5) is 0. The van der Waals surface area contributed by atoms with Crippen LogP contribution in [0, 0.1) is 0 Å². The van der Waals surface area contributed by atoms with Gasteiger partial charge in [0.05, 0.1) is 24.1 Å². The maximum absolute atomic E-state index is 12.7. The van der Waals surface area contributed by atoms with Crippen molar-refractivity contribution in [2.75, 3.05) is 7.11 Å². The fourth-order valence-corrected chi connectivity index (χ4v) is 1.78. The fraction of sp³-hybridized carbons (Fsp3) is 0.400. The standard InChI is InChI=1S/C10H7ClF6O/c1-18-7-3-2-6(9(12,13)14)8(5(7)4-11)10(15,16)17/h2-3H,4H2,1H3. The topological polar surface area (TPSA) is 9.23 Å². The summed E-state index contributed by atoms with van der Waals surface area (Å²) >= 11 is 5.30. The molecule has 1 nitrogen and oxygen atoms in total. The molecule has 0 aromatic heterocycles.